The van der Waals surface area contributed by atoms with Crippen LogP contribution in [0.4, 0.5) is 0 Å². The van der Waals surface area contributed by atoms with Gasteiger partial charge in [0.25, 0.3) is 0 Å². The molecule has 2 N–H and O–H groups in total. The highest BCUT2D eigenvalue weighted by Crippen LogP contribution is 2.28. The van der Waals surface area contributed by atoms with Gasteiger partial charge in [-0.3, -0.25) is 0 Å². The van der Waals surface area contributed by atoms with Crippen LogP contribution < -0.4 is 5.73 Å². The molecule has 1 aliphatic carbocycles. The molecule has 0 saturated heterocycles. The largest absolute Gasteiger partial charge is 0.377 e. The summed E-state index contributed by atoms with van der Waals surface area (Å²) in [6.07, 6.45) is 7.06. The van der Waals surface area contributed by atoms with E-state index >= 15 is 0 Å². The van der Waals surface area contributed by atoms with Crippen LogP contribution in [-0.2, 0) is 4.74 Å². The zero-order chi connectivity index (χ0) is 8.81. The van der Waals surface area contributed by atoms with Crippen molar-refractivity contribution in [2.75, 3.05) is 13.2 Å². The van der Waals surface area contributed by atoms with Gasteiger partial charge in [0.05, 0.1) is 12.7 Å². The van der Waals surface area contributed by atoms with Crippen LogP contribution in [0.3, 0.4) is 0 Å². The van der Waals surface area contributed by atoms with Gasteiger partial charge >= 0.3 is 0 Å². The van der Waals surface area contributed by atoms with Crippen molar-refractivity contribution < 1.29 is 4.74 Å². The molecule has 1 aliphatic rings. The van der Waals surface area contributed by atoms with Gasteiger partial charge in [-0.1, -0.05) is 26.2 Å². The zero-order valence-corrected chi connectivity index (χ0v) is 8.09. The van der Waals surface area contributed by atoms with E-state index < -0.39 is 0 Å². The van der Waals surface area contributed by atoms with Gasteiger partial charge < -0.3 is 10.5 Å². The SMILES string of the molecule is CCC1CCCC(OCCN)C1. The Kier molecular flexibility index (Phi) is 4.62. The number of hydrogen-bond acceptors (Lipinski definition) is 2. The predicted octanol–water partition coefficient (Wildman–Crippen LogP) is 1.93. The fourth-order valence-corrected chi connectivity index (χ4v) is 2.00. The third kappa shape index (κ3) is 3.11. The Labute approximate surface area is 75.5 Å². The van der Waals surface area contributed by atoms with Crippen LogP contribution in [-0.4, -0.2) is 19.3 Å². The van der Waals surface area contributed by atoms with Crippen molar-refractivity contribution in [2.45, 2.75) is 45.1 Å². The fraction of sp³-hybridized carbons (Fsp3) is 1.00. The van der Waals surface area contributed by atoms with Crippen LogP contribution in [0.2, 0.25) is 0 Å². The maximum absolute atomic E-state index is 5.64. The lowest BCUT2D eigenvalue weighted by Crippen LogP contribution is -2.24. The summed E-state index contributed by atoms with van der Waals surface area (Å²) >= 11 is 0. The lowest BCUT2D eigenvalue weighted by atomic mass is 9.85. The average Bonchev–Trinajstić information content (AvgIpc) is 2.15. The van der Waals surface area contributed by atoms with Gasteiger partial charge in [-0.05, 0) is 18.8 Å². The van der Waals surface area contributed by atoms with Crippen LogP contribution in [0.1, 0.15) is 39.0 Å². The molecule has 0 aliphatic heterocycles. The van der Waals surface area contributed by atoms with Gasteiger partial charge in [0, 0.05) is 6.54 Å². The van der Waals surface area contributed by atoms with E-state index in [1.807, 2.05) is 0 Å². The summed E-state index contributed by atoms with van der Waals surface area (Å²) in [5, 5.41) is 0. The minimum Gasteiger partial charge on any atom is -0.377 e. The molecule has 1 fully saturated rings. The first-order chi connectivity index (χ1) is 5.86. The first kappa shape index (κ1) is 10.0. The van der Waals surface area contributed by atoms with Crippen molar-refractivity contribution in [1.82, 2.24) is 0 Å². The fourth-order valence-electron chi connectivity index (χ4n) is 2.00. The van der Waals surface area contributed by atoms with Crippen molar-refractivity contribution in [3.8, 4) is 0 Å². The molecule has 1 saturated carbocycles. The van der Waals surface area contributed by atoms with Crippen LogP contribution in [0.25, 0.3) is 0 Å². The Bertz CT molecular complexity index is 116. The molecule has 1 rings (SSSR count). The Morgan fingerprint density at radius 2 is 2.25 bits per heavy atom. The van der Waals surface area contributed by atoms with Crippen molar-refractivity contribution in [2.24, 2.45) is 11.7 Å². The van der Waals surface area contributed by atoms with Gasteiger partial charge in [-0.2, -0.15) is 0 Å². The van der Waals surface area contributed by atoms with Crippen molar-refractivity contribution >= 4 is 0 Å². The molecule has 0 bridgehead atoms. The monoisotopic (exact) mass is 171 g/mol. The molecular formula is C10H21NO. The van der Waals surface area contributed by atoms with Gasteiger partial charge in [-0.15, -0.1) is 0 Å². The van der Waals surface area contributed by atoms with Gasteiger partial charge in [0.15, 0.2) is 0 Å². The second-order valence-electron chi connectivity index (χ2n) is 3.72. The summed E-state index contributed by atoms with van der Waals surface area (Å²) in [4.78, 5) is 0. The molecule has 2 unspecified atom stereocenters. The lowest BCUT2D eigenvalue weighted by Gasteiger charge is -2.28. The second kappa shape index (κ2) is 5.55. The molecule has 0 aromatic heterocycles. The summed E-state index contributed by atoms with van der Waals surface area (Å²) in [5.41, 5.74) is 5.39. The molecule has 0 spiro atoms. The third-order valence-electron chi connectivity index (χ3n) is 2.78. The summed E-state index contributed by atoms with van der Waals surface area (Å²) in [5.74, 6) is 0.904. The maximum atomic E-state index is 5.64. The summed E-state index contributed by atoms with van der Waals surface area (Å²) < 4.78 is 5.64. The van der Waals surface area contributed by atoms with Crippen LogP contribution in [0.15, 0.2) is 0 Å². The molecule has 12 heavy (non-hydrogen) atoms. The molecule has 2 atom stereocenters. The van der Waals surface area contributed by atoms with E-state index in [1.165, 1.54) is 32.1 Å². The van der Waals surface area contributed by atoms with Crippen molar-refractivity contribution in [1.29, 1.82) is 0 Å². The van der Waals surface area contributed by atoms with E-state index in [-0.39, 0.29) is 0 Å². The molecule has 72 valence electrons. The Hall–Kier alpha value is -0.0800. The van der Waals surface area contributed by atoms with Crippen molar-refractivity contribution in [3.05, 3.63) is 0 Å². The van der Waals surface area contributed by atoms with Crippen LogP contribution in [0, 0.1) is 5.92 Å². The molecule has 0 aromatic rings. The molecular weight excluding hydrogens is 150 g/mol. The van der Waals surface area contributed by atoms with E-state index in [0.29, 0.717) is 12.6 Å². The van der Waals surface area contributed by atoms with Gasteiger partial charge in [0.1, 0.15) is 0 Å². The number of nitrogens with two attached hydrogens (primary N) is 1. The highest BCUT2D eigenvalue weighted by Gasteiger charge is 2.20. The van der Waals surface area contributed by atoms with Gasteiger partial charge in [-0.25, -0.2) is 0 Å². The number of hydrogen-bond donors (Lipinski definition) is 1. The topological polar surface area (TPSA) is 35.2 Å². The zero-order valence-electron chi connectivity index (χ0n) is 8.09. The van der Waals surface area contributed by atoms with Gasteiger partial charge in [0.2, 0.25) is 0 Å². The lowest BCUT2D eigenvalue weighted by molar-refractivity contribution is 0.0168. The summed E-state index contributed by atoms with van der Waals surface area (Å²) in [6.45, 7) is 3.67. The van der Waals surface area contributed by atoms with E-state index in [4.69, 9.17) is 10.5 Å². The quantitative estimate of drug-likeness (QED) is 0.701. The second-order valence-corrected chi connectivity index (χ2v) is 3.72. The standard InChI is InChI=1S/C10H21NO/c1-2-9-4-3-5-10(8-9)12-7-6-11/h9-10H,2-8,11H2,1H3. The van der Waals surface area contributed by atoms with Crippen LogP contribution >= 0.6 is 0 Å². The first-order valence-electron chi connectivity index (χ1n) is 5.18. The Morgan fingerprint density at radius 1 is 1.42 bits per heavy atom. The Balaban J connectivity index is 2.16. The normalized spacial score (nSPS) is 30.5. The van der Waals surface area contributed by atoms with Crippen LogP contribution in [0.5, 0.6) is 0 Å². The molecule has 0 amide bonds. The van der Waals surface area contributed by atoms with Crippen molar-refractivity contribution in [3.63, 3.8) is 0 Å². The smallest absolute Gasteiger partial charge is 0.0592 e. The summed E-state index contributed by atoms with van der Waals surface area (Å²) in [6, 6.07) is 0. The molecule has 0 radical (unpaired) electrons. The minimum absolute atomic E-state index is 0.507. The maximum Gasteiger partial charge on any atom is 0.0592 e. The predicted molar refractivity (Wildman–Crippen MR) is 51.0 cm³/mol. The minimum atomic E-state index is 0.507. The number of ether oxygens (including phenoxy) is 1. The highest BCUT2D eigenvalue weighted by molar-refractivity contribution is 4.72. The first-order valence-corrected chi connectivity index (χ1v) is 5.18. The molecule has 2 heteroatoms. The van der Waals surface area contributed by atoms with E-state index in [0.717, 1.165) is 12.5 Å². The number of rotatable bonds is 4. The van der Waals surface area contributed by atoms with E-state index in [1.54, 1.807) is 0 Å². The van der Waals surface area contributed by atoms with E-state index in [9.17, 15) is 0 Å². The third-order valence-corrected chi connectivity index (χ3v) is 2.78. The molecule has 2 nitrogen and oxygen atoms in total. The average molecular weight is 171 g/mol. The highest BCUT2D eigenvalue weighted by atomic mass is 16.5. The molecule has 0 aromatic carbocycles. The summed E-state index contributed by atoms with van der Waals surface area (Å²) in [7, 11) is 0. The molecule has 0 heterocycles. The van der Waals surface area contributed by atoms with E-state index in [2.05, 4.69) is 6.92 Å². The Morgan fingerprint density at radius 3 is 2.92 bits per heavy atom.